The summed E-state index contributed by atoms with van der Waals surface area (Å²) in [7, 11) is 0. The lowest BCUT2D eigenvalue weighted by atomic mass is 9.96. The minimum atomic E-state index is -0.736. The summed E-state index contributed by atoms with van der Waals surface area (Å²) in [5.74, 6) is 0. The third-order valence-electron chi connectivity index (χ3n) is 4.66. The van der Waals surface area contributed by atoms with Gasteiger partial charge in [0.25, 0.3) is 5.56 Å². The van der Waals surface area contributed by atoms with Gasteiger partial charge in [-0.25, -0.2) is 4.98 Å². The molecule has 0 unspecified atom stereocenters. The standard InChI is InChI=1S/C17H22ClN3O3.ClH/c1-10-13(18)5-4-12-16(10)20-9-21(17(12)24)8-11(22)7-14-15(23)3-2-6-19-14;/h4-5,9,11,14-15,19,22-23H,2-3,6-8H2,1H3;1H/t11-,14+,15-;/m0./s1. The van der Waals surface area contributed by atoms with Gasteiger partial charge in [0.15, 0.2) is 0 Å². The number of nitrogens with zero attached hydrogens (tertiary/aromatic N) is 2. The van der Waals surface area contributed by atoms with Crippen molar-refractivity contribution in [1.29, 1.82) is 0 Å². The van der Waals surface area contributed by atoms with E-state index in [-0.39, 0.29) is 30.6 Å². The molecule has 3 atom stereocenters. The maximum atomic E-state index is 12.6. The van der Waals surface area contributed by atoms with Crippen molar-refractivity contribution in [1.82, 2.24) is 14.9 Å². The third kappa shape index (κ3) is 4.33. The molecule has 1 fully saturated rings. The number of hydrogen-bond donors (Lipinski definition) is 3. The fourth-order valence-electron chi connectivity index (χ4n) is 3.25. The average molecular weight is 388 g/mol. The second kappa shape index (κ2) is 8.47. The molecule has 1 aromatic carbocycles. The van der Waals surface area contributed by atoms with Crippen LogP contribution in [0.1, 0.15) is 24.8 Å². The van der Waals surface area contributed by atoms with E-state index in [0.29, 0.717) is 22.3 Å². The number of aliphatic hydroxyl groups excluding tert-OH is 2. The van der Waals surface area contributed by atoms with Crippen LogP contribution < -0.4 is 10.9 Å². The molecule has 2 aromatic rings. The van der Waals surface area contributed by atoms with Gasteiger partial charge in [0.2, 0.25) is 0 Å². The third-order valence-corrected chi connectivity index (χ3v) is 5.07. The molecule has 1 saturated heterocycles. The van der Waals surface area contributed by atoms with E-state index in [2.05, 4.69) is 10.3 Å². The molecule has 0 spiro atoms. The van der Waals surface area contributed by atoms with Gasteiger partial charge in [-0.05, 0) is 50.4 Å². The van der Waals surface area contributed by atoms with Gasteiger partial charge in [0, 0.05) is 11.1 Å². The summed E-state index contributed by atoms with van der Waals surface area (Å²) in [4.78, 5) is 16.9. The lowest BCUT2D eigenvalue weighted by molar-refractivity contribution is 0.0539. The van der Waals surface area contributed by atoms with Crippen LogP contribution in [0.5, 0.6) is 0 Å². The molecular formula is C17H23Cl2N3O3. The number of hydrogen-bond acceptors (Lipinski definition) is 5. The maximum absolute atomic E-state index is 12.6. The van der Waals surface area contributed by atoms with E-state index in [1.165, 1.54) is 10.9 Å². The molecule has 1 aliphatic rings. The van der Waals surface area contributed by atoms with Crippen LogP contribution in [0, 0.1) is 6.92 Å². The van der Waals surface area contributed by atoms with Gasteiger partial charge in [-0.2, -0.15) is 0 Å². The molecule has 0 amide bonds. The molecule has 1 aromatic heterocycles. The van der Waals surface area contributed by atoms with Crippen molar-refractivity contribution in [2.75, 3.05) is 6.54 Å². The van der Waals surface area contributed by atoms with E-state index < -0.39 is 12.2 Å². The number of fused-ring (bicyclic) bond motifs is 1. The molecule has 138 valence electrons. The fourth-order valence-corrected chi connectivity index (χ4v) is 3.40. The number of nitrogens with one attached hydrogen (secondary N) is 1. The van der Waals surface area contributed by atoms with Gasteiger partial charge >= 0.3 is 0 Å². The molecule has 3 rings (SSSR count). The van der Waals surface area contributed by atoms with Gasteiger partial charge < -0.3 is 15.5 Å². The van der Waals surface area contributed by atoms with E-state index in [1.807, 2.05) is 6.92 Å². The summed E-state index contributed by atoms with van der Waals surface area (Å²) in [6, 6.07) is 3.21. The Morgan fingerprint density at radius 3 is 2.96 bits per heavy atom. The zero-order chi connectivity index (χ0) is 17.3. The zero-order valence-corrected chi connectivity index (χ0v) is 15.6. The van der Waals surface area contributed by atoms with Gasteiger partial charge in [-0.1, -0.05) is 11.6 Å². The molecule has 0 aliphatic carbocycles. The number of aryl methyl sites for hydroxylation is 1. The first-order valence-corrected chi connectivity index (χ1v) is 8.59. The quantitative estimate of drug-likeness (QED) is 0.742. The number of piperidine rings is 1. The van der Waals surface area contributed by atoms with Crippen molar-refractivity contribution < 1.29 is 10.2 Å². The largest absolute Gasteiger partial charge is 0.392 e. The van der Waals surface area contributed by atoms with Gasteiger partial charge in [0.05, 0.1) is 36.0 Å². The first-order valence-electron chi connectivity index (χ1n) is 8.21. The summed E-state index contributed by atoms with van der Waals surface area (Å²) >= 11 is 6.07. The van der Waals surface area contributed by atoms with Crippen LogP contribution in [-0.4, -0.2) is 44.6 Å². The first-order chi connectivity index (χ1) is 11.5. The summed E-state index contributed by atoms with van der Waals surface area (Å²) in [5, 5.41) is 24.6. The van der Waals surface area contributed by atoms with Crippen LogP contribution in [-0.2, 0) is 6.54 Å². The van der Waals surface area contributed by atoms with Crippen molar-refractivity contribution in [3.05, 3.63) is 39.4 Å². The topological polar surface area (TPSA) is 87.4 Å². The average Bonchev–Trinajstić information content (AvgIpc) is 2.56. The fraction of sp³-hybridized carbons (Fsp3) is 0.529. The lowest BCUT2D eigenvalue weighted by Gasteiger charge is -2.30. The number of halogens is 2. The number of aromatic nitrogens is 2. The first kappa shape index (κ1) is 20.1. The second-order valence-corrected chi connectivity index (χ2v) is 6.84. The van der Waals surface area contributed by atoms with Crippen LogP contribution in [0.25, 0.3) is 10.9 Å². The Bertz CT molecular complexity index is 797. The van der Waals surface area contributed by atoms with Crippen molar-refractivity contribution in [3.63, 3.8) is 0 Å². The van der Waals surface area contributed by atoms with Crippen LogP contribution in [0.15, 0.2) is 23.3 Å². The Kier molecular flexibility index (Phi) is 6.82. The molecular weight excluding hydrogens is 365 g/mol. The number of rotatable bonds is 4. The minimum absolute atomic E-state index is 0. The van der Waals surface area contributed by atoms with E-state index in [9.17, 15) is 15.0 Å². The smallest absolute Gasteiger partial charge is 0.261 e. The van der Waals surface area contributed by atoms with Crippen LogP contribution in [0.3, 0.4) is 0 Å². The molecule has 6 nitrogen and oxygen atoms in total. The van der Waals surface area contributed by atoms with Crippen LogP contribution >= 0.6 is 24.0 Å². The maximum Gasteiger partial charge on any atom is 0.261 e. The summed E-state index contributed by atoms with van der Waals surface area (Å²) in [6.45, 7) is 2.81. The Hall–Kier alpha value is -1.18. The lowest BCUT2D eigenvalue weighted by Crippen LogP contribution is -2.47. The summed E-state index contributed by atoms with van der Waals surface area (Å²) in [6.07, 6.45) is 2.32. The summed E-state index contributed by atoms with van der Waals surface area (Å²) in [5.41, 5.74) is 1.16. The van der Waals surface area contributed by atoms with E-state index in [0.717, 1.165) is 24.9 Å². The Labute approximate surface area is 157 Å². The Balaban J connectivity index is 0.00000225. The predicted molar refractivity (Wildman–Crippen MR) is 101 cm³/mol. The SMILES string of the molecule is Cc1c(Cl)ccc2c(=O)n(C[C@@H](O)C[C@H]3NCCC[C@@H]3O)cnc12.Cl. The molecule has 25 heavy (non-hydrogen) atoms. The van der Waals surface area contributed by atoms with E-state index in [4.69, 9.17) is 11.6 Å². The van der Waals surface area contributed by atoms with Gasteiger partial charge in [-0.3, -0.25) is 9.36 Å². The number of benzene rings is 1. The Morgan fingerprint density at radius 2 is 2.24 bits per heavy atom. The van der Waals surface area contributed by atoms with Crippen molar-refractivity contribution in [2.45, 2.75) is 51.0 Å². The van der Waals surface area contributed by atoms with Gasteiger partial charge in [-0.15, -0.1) is 12.4 Å². The molecule has 8 heteroatoms. The molecule has 2 heterocycles. The van der Waals surface area contributed by atoms with E-state index >= 15 is 0 Å². The zero-order valence-electron chi connectivity index (χ0n) is 14.0. The highest BCUT2D eigenvalue weighted by Gasteiger charge is 2.25. The predicted octanol–water partition coefficient (Wildman–Crippen LogP) is 1.64. The van der Waals surface area contributed by atoms with Crippen LogP contribution in [0.2, 0.25) is 5.02 Å². The highest BCUT2D eigenvalue weighted by molar-refractivity contribution is 6.32. The monoisotopic (exact) mass is 387 g/mol. The molecule has 0 radical (unpaired) electrons. The minimum Gasteiger partial charge on any atom is -0.392 e. The molecule has 0 saturated carbocycles. The summed E-state index contributed by atoms with van der Waals surface area (Å²) < 4.78 is 1.41. The van der Waals surface area contributed by atoms with Crippen LogP contribution in [0.4, 0.5) is 0 Å². The molecule has 0 bridgehead atoms. The highest BCUT2D eigenvalue weighted by atomic mass is 35.5. The van der Waals surface area contributed by atoms with Gasteiger partial charge in [0.1, 0.15) is 0 Å². The van der Waals surface area contributed by atoms with E-state index in [1.54, 1.807) is 12.1 Å². The number of aliphatic hydroxyl groups is 2. The molecule has 1 aliphatic heterocycles. The van der Waals surface area contributed by atoms with Crippen molar-refractivity contribution in [3.8, 4) is 0 Å². The normalized spacial score (nSPS) is 21.8. The van der Waals surface area contributed by atoms with Crippen molar-refractivity contribution in [2.24, 2.45) is 0 Å². The second-order valence-electron chi connectivity index (χ2n) is 6.43. The molecule has 3 N–H and O–H groups in total. The van der Waals surface area contributed by atoms with Crippen molar-refractivity contribution >= 4 is 34.9 Å². The Morgan fingerprint density at radius 1 is 1.48 bits per heavy atom. The highest BCUT2D eigenvalue weighted by Crippen LogP contribution is 2.21.